The number of hydrogen-bond donors (Lipinski definition) is 0. The van der Waals surface area contributed by atoms with Crippen molar-refractivity contribution < 1.29 is 49.0 Å². The number of hydrogen-bond acceptors (Lipinski definition) is 1. The largest absolute Gasteiger partial charge is 0.214 e. The maximum atomic E-state index is 2.40. The van der Waals surface area contributed by atoms with Gasteiger partial charge in [-0.25, -0.2) is 12.1 Å². The third kappa shape index (κ3) is 9.37. The van der Waals surface area contributed by atoms with Crippen molar-refractivity contribution in [2.45, 2.75) is 27.2 Å². The normalized spacial score (nSPS) is 9.88. The molecule has 0 aliphatic rings. The van der Waals surface area contributed by atoms with Gasteiger partial charge in [0.2, 0.25) is 0 Å². The first-order valence-electron chi connectivity index (χ1n) is 13.9. The van der Waals surface area contributed by atoms with Crippen LogP contribution in [0.2, 0.25) is 0 Å². The molecule has 1 nitrogen and oxygen atoms in total. The average molecular weight is 658 g/mol. The quantitative estimate of drug-likeness (QED) is 0.249. The zero-order chi connectivity index (χ0) is 27.5. The van der Waals surface area contributed by atoms with Crippen LogP contribution >= 0.6 is 0 Å². The van der Waals surface area contributed by atoms with Gasteiger partial charge in [-0.05, 0) is 20.3 Å². The molecule has 0 amide bonds. The zero-order valence-electron chi connectivity index (χ0n) is 24.0. The van der Waals surface area contributed by atoms with Crippen molar-refractivity contribution in [1.29, 1.82) is 0 Å². The van der Waals surface area contributed by atoms with Gasteiger partial charge in [0.1, 0.15) is 0 Å². The minimum atomic E-state index is 0. The van der Waals surface area contributed by atoms with E-state index in [1.54, 1.807) is 0 Å². The van der Waals surface area contributed by atoms with Gasteiger partial charge in [0, 0.05) is 18.8 Å². The van der Waals surface area contributed by atoms with Gasteiger partial charge < -0.3 is 29.7 Å². The maximum Gasteiger partial charge on any atom is -0.172 e. The number of rotatable bonds is 6. The molecule has 0 aliphatic carbocycles. The maximum absolute atomic E-state index is 2.40. The smallest absolute Gasteiger partial charge is 0.172 e. The van der Waals surface area contributed by atoms with E-state index in [1.165, 1.54) is 71.4 Å². The zero-order valence-corrected chi connectivity index (χ0v) is 28.0. The summed E-state index contributed by atoms with van der Waals surface area (Å²) in [6.45, 7) is 8.75. The molecule has 0 radical (unpaired) electrons. The summed E-state index contributed by atoms with van der Waals surface area (Å²) >= 11 is 1.46. The van der Waals surface area contributed by atoms with E-state index in [2.05, 4.69) is 129 Å². The molecule has 0 heterocycles. The van der Waals surface area contributed by atoms with E-state index >= 15 is 0 Å². The van der Waals surface area contributed by atoms with Crippen molar-refractivity contribution in [2.24, 2.45) is 0 Å². The van der Waals surface area contributed by atoms with E-state index in [-0.39, 0.29) is 24.8 Å². The van der Waals surface area contributed by atoms with E-state index < -0.39 is 0 Å². The minimum absolute atomic E-state index is 0. The fourth-order valence-corrected chi connectivity index (χ4v) is 5.58. The molecular formula is C37H37Cl2NZr-2. The van der Waals surface area contributed by atoms with Gasteiger partial charge in [0.15, 0.2) is 0 Å². The second-order valence-electron chi connectivity index (χ2n) is 9.43. The SMILES string of the molecule is CCc1ccc2c(c1)[cH-]c1cc(N(CC)CC)ccc12.[Cl-].[Cl-].[Zr+2]=[C](c1ccccc1)c1ccccc1.c1cc[cH-]c1. The first-order chi connectivity index (χ1) is 19.1. The Morgan fingerprint density at radius 2 is 1.15 bits per heavy atom. The molecular weight excluding hydrogens is 621 g/mol. The van der Waals surface area contributed by atoms with Crippen LogP contribution in [-0.4, -0.2) is 16.3 Å². The van der Waals surface area contributed by atoms with Crippen LogP contribution in [0.25, 0.3) is 21.5 Å². The summed E-state index contributed by atoms with van der Waals surface area (Å²) in [5, 5.41) is 5.48. The Hall–Kier alpha value is -2.77. The molecule has 210 valence electrons. The number of nitrogens with zero attached hydrogens (tertiary/aromatic N) is 1. The van der Waals surface area contributed by atoms with Crippen molar-refractivity contribution in [3.63, 3.8) is 0 Å². The minimum Gasteiger partial charge on any atom is -0.214 e. The molecule has 0 fully saturated rings. The van der Waals surface area contributed by atoms with Crippen LogP contribution in [0.3, 0.4) is 0 Å². The first-order valence-corrected chi connectivity index (χ1v) is 15.1. The van der Waals surface area contributed by atoms with Gasteiger partial charge in [0.25, 0.3) is 0 Å². The van der Waals surface area contributed by atoms with E-state index in [1.807, 2.05) is 30.3 Å². The summed E-state index contributed by atoms with van der Waals surface area (Å²) in [6, 6.07) is 47.1. The van der Waals surface area contributed by atoms with Crippen LogP contribution in [0.4, 0.5) is 5.69 Å². The predicted octanol–water partition coefficient (Wildman–Crippen LogP) is 3.34. The van der Waals surface area contributed by atoms with Crippen LogP contribution in [0, 0.1) is 0 Å². The number of halogens is 2. The summed E-state index contributed by atoms with van der Waals surface area (Å²) in [5.41, 5.74) is 5.40. The van der Waals surface area contributed by atoms with Crippen LogP contribution in [0.15, 0.2) is 133 Å². The molecule has 0 saturated carbocycles. The van der Waals surface area contributed by atoms with E-state index in [0.29, 0.717) is 0 Å². The average Bonchev–Trinajstić information content (AvgIpc) is 3.70. The summed E-state index contributed by atoms with van der Waals surface area (Å²) < 4.78 is 1.42. The van der Waals surface area contributed by atoms with Gasteiger partial charge in [-0.15, -0.1) is 33.7 Å². The van der Waals surface area contributed by atoms with Crippen molar-refractivity contribution in [3.05, 3.63) is 150 Å². The second-order valence-corrected chi connectivity index (χ2v) is 10.7. The fourth-order valence-electron chi connectivity index (χ4n) is 4.76. The molecule has 6 rings (SSSR count). The molecule has 0 atom stereocenters. The van der Waals surface area contributed by atoms with Crippen molar-refractivity contribution >= 4 is 30.4 Å². The van der Waals surface area contributed by atoms with Crippen LogP contribution in [0.5, 0.6) is 0 Å². The fraction of sp³-hybridized carbons (Fsp3) is 0.162. The van der Waals surface area contributed by atoms with Crippen molar-refractivity contribution in [2.75, 3.05) is 18.0 Å². The topological polar surface area (TPSA) is 3.24 Å². The van der Waals surface area contributed by atoms with Gasteiger partial charge >= 0.3 is 99.2 Å². The van der Waals surface area contributed by atoms with Crippen molar-refractivity contribution in [3.8, 4) is 0 Å². The number of fused-ring (bicyclic) bond motifs is 3. The van der Waals surface area contributed by atoms with Gasteiger partial charge in [-0.1, -0.05) is 42.8 Å². The van der Waals surface area contributed by atoms with Crippen LogP contribution in [0.1, 0.15) is 37.5 Å². The third-order valence-corrected chi connectivity index (χ3v) is 8.39. The molecule has 0 spiro atoms. The van der Waals surface area contributed by atoms with Gasteiger partial charge in [-0.2, -0.15) is 18.2 Å². The number of anilines is 1. The molecule has 6 aromatic rings. The number of benzene rings is 4. The molecule has 4 heteroatoms. The second kappa shape index (κ2) is 17.9. The third-order valence-electron chi connectivity index (χ3n) is 6.97. The van der Waals surface area contributed by atoms with E-state index in [0.717, 1.165) is 19.5 Å². The summed E-state index contributed by atoms with van der Waals surface area (Å²) in [5.74, 6) is 0. The Morgan fingerprint density at radius 1 is 0.634 bits per heavy atom. The van der Waals surface area contributed by atoms with Gasteiger partial charge in [0.05, 0.1) is 0 Å². The monoisotopic (exact) mass is 655 g/mol. The van der Waals surface area contributed by atoms with Crippen LogP contribution < -0.4 is 29.7 Å². The Bertz CT molecular complexity index is 1510. The first kappa shape index (κ1) is 34.4. The standard InChI is InChI=1S/C19H22N.C13H10.C5H5.2ClH.Zr/c1-4-14-7-9-18-15(11-14)12-16-13-17(8-10-19(16)18)20(5-2)6-3;1-3-7-12(8-4-1)11-13-9-5-2-6-10-13;1-2-4-5-3-1;;;/h7-13H,4-6H2,1-3H3;1-10H;1-5H;2*1H;/q-1;;-1;;;+2/p-2. The summed E-state index contributed by atoms with van der Waals surface area (Å²) in [7, 11) is 0. The molecule has 41 heavy (non-hydrogen) atoms. The van der Waals surface area contributed by atoms with Gasteiger partial charge in [-0.3, -0.25) is 0 Å². The Morgan fingerprint density at radius 3 is 1.61 bits per heavy atom. The Kier molecular flexibility index (Phi) is 15.0. The number of aryl methyl sites for hydroxylation is 1. The van der Waals surface area contributed by atoms with Crippen LogP contribution in [-0.2, 0) is 30.7 Å². The molecule has 0 saturated heterocycles. The van der Waals surface area contributed by atoms with E-state index in [9.17, 15) is 0 Å². The molecule has 0 unspecified atom stereocenters. The molecule has 0 aromatic heterocycles. The Labute approximate surface area is 273 Å². The predicted molar refractivity (Wildman–Crippen MR) is 168 cm³/mol. The summed E-state index contributed by atoms with van der Waals surface area (Å²) in [4.78, 5) is 2.40. The van der Waals surface area contributed by atoms with E-state index in [4.69, 9.17) is 0 Å². The molecule has 0 bridgehead atoms. The molecule has 0 N–H and O–H groups in total. The van der Waals surface area contributed by atoms with Crippen molar-refractivity contribution in [1.82, 2.24) is 0 Å². The molecule has 0 aliphatic heterocycles. The summed E-state index contributed by atoms with van der Waals surface area (Å²) in [6.07, 6.45) is 1.10. The molecule has 6 aromatic carbocycles. The Balaban J connectivity index is 0.000000244.